The van der Waals surface area contributed by atoms with Crippen LogP contribution in [0.5, 0.6) is 23.0 Å². The number of rotatable bonds is 6. The summed E-state index contributed by atoms with van der Waals surface area (Å²) in [5.74, 6) is 1.05. The number of methoxy groups -OCH3 is 3. The third-order valence-electron chi connectivity index (χ3n) is 5.96. The number of ether oxygens (including phenoxy) is 5. The number of esters is 1. The summed E-state index contributed by atoms with van der Waals surface area (Å²) in [6.45, 7) is -0.261. The van der Waals surface area contributed by atoms with Gasteiger partial charge in [-0.3, -0.25) is 23.9 Å². The van der Waals surface area contributed by atoms with E-state index in [4.69, 9.17) is 23.7 Å². The van der Waals surface area contributed by atoms with E-state index in [9.17, 15) is 14.4 Å². The number of carbonyl (C=O) groups excluding carboxylic acids is 2. The first-order valence-corrected chi connectivity index (χ1v) is 11.5. The number of fused-ring (bicyclic) bond motifs is 2. The van der Waals surface area contributed by atoms with Gasteiger partial charge in [-0.25, -0.2) is 0 Å². The number of aromatic nitrogens is 1. The van der Waals surface area contributed by atoms with E-state index in [2.05, 4.69) is 0 Å². The van der Waals surface area contributed by atoms with Crippen LogP contribution in [0.3, 0.4) is 0 Å². The van der Waals surface area contributed by atoms with Gasteiger partial charge in [0.1, 0.15) is 18.1 Å². The molecule has 0 aliphatic carbocycles. The fourth-order valence-corrected chi connectivity index (χ4v) is 5.42. The number of hydrogen-bond acceptors (Lipinski definition) is 9. The molecule has 3 heterocycles. The van der Waals surface area contributed by atoms with Crippen molar-refractivity contribution in [1.29, 1.82) is 0 Å². The van der Waals surface area contributed by atoms with E-state index in [1.54, 1.807) is 36.4 Å². The quantitative estimate of drug-likeness (QED) is 0.478. The molecule has 2 aliphatic rings. The van der Waals surface area contributed by atoms with E-state index in [1.165, 1.54) is 30.8 Å². The van der Waals surface area contributed by atoms with Crippen LogP contribution in [0, 0.1) is 0 Å². The number of carbonyl (C=O) groups is 2. The van der Waals surface area contributed by atoms with Crippen molar-refractivity contribution in [1.82, 2.24) is 4.57 Å². The molecule has 0 saturated carbocycles. The standard InChI is InChI=1S/C24H22N2O8S/c1-30-15-6-4-5-14(9-15)26-19(27)10-16(13-7-17(31-2)21-18(8-13)33-12-34-21)22-23(26)25(24(29)35-22)11-20(28)32-3/h4-9,16H,10-12H2,1-3H3/t16-/m0/s1. The van der Waals surface area contributed by atoms with Crippen LogP contribution >= 0.6 is 11.3 Å². The second-order valence-corrected chi connectivity index (χ2v) is 8.86. The van der Waals surface area contributed by atoms with Crippen LogP contribution in [-0.2, 0) is 20.9 Å². The van der Waals surface area contributed by atoms with Crippen molar-refractivity contribution in [3.05, 3.63) is 56.5 Å². The van der Waals surface area contributed by atoms with Crippen molar-refractivity contribution < 1.29 is 33.3 Å². The van der Waals surface area contributed by atoms with Crippen molar-refractivity contribution in [3.63, 3.8) is 0 Å². The maximum atomic E-state index is 13.6. The number of benzene rings is 2. The molecular formula is C24H22N2O8S. The molecule has 11 heteroatoms. The zero-order valence-electron chi connectivity index (χ0n) is 19.2. The van der Waals surface area contributed by atoms with Crippen molar-refractivity contribution in [3.8, 4) is 23.0 Å². The average Bonchev–Trinajstić information content (AvgIpc) is 3.47. The maximum Gasteiger partial charge on any atom is 0.325 e. The minimum atomic E-state index is -0.599. The Kier molecular flexibility index (Phi) is 5.85. The molecule has 0 fully saturated rings. The Morgan fingerprint density at radius 3 is 2.69 bits per heavy atom. The number of hydrogen-bond donors (Lipinski definition) is 0. The van der Waals surface area contributed by atoms with E-state index in [0.717, 1.165) is 16.9 Å². The molecule has 1 aromatic heterocycles. The fraction of sp³-hybridized carbons (Fsp3) is 0.292. The number of thiazole rings is 1. The first-order valence-electron chi connectivity index (χ1n) is 10.7. The summed E-state index contributed by atoms with van der Waals surface area (Å²) in [5, 5.41) is 0. The van der Waals surface area contributed by atoms with Gasteiger partial charge >= 0.3 is 10.8 Å². The van der Waals surface area contributed by atoms with Crippen LogP contribution < -0.4 is 28.7 Å². The molecule has 5 rings (SSSR count). The average molecular weight is 499 g/mol. The molecule has 0 spiro atoms. The molecule has 0 bridgehead atoms. The van der Waals surface area contributed by atoms with Gasteiger partial charge in [-0.1, -0.05) is 17.4 Å². The molecule has 35 heavy (non-hydrogen) atoms. The van der Waals surface area contributed by atoms with E-state index < -0.39 is 11.9 Å². The van der Waals surface area contributed by atoms with Gasteiger partial charge < -0.3 is 23.7 Å². The Morgan fingerprint density at radius 1 is 1.11 bits per heavy atom. The second kappa shape index (κ2) is 8.99. The minimum Gasteiger partial charge on any atom is -0.497 e. The molecule has 0 unspecified atom stereocenters. The van der Waals surface area contributed by atoms with Crippen molar-refractivity contribution >= 4 is 34.7 Å². The molecule has 1 atom stereocenters. The van der Waals surface area contributed by atoms with Crippen LogP contribution in [0.4, 0.5) is 11.5 Å². The van der Waals surface area contributed by atoms with Gasteiger partial charge in [-0.2, -0.15) is 0 Å². The highest BCUT2D eigenvalue weighted by Gasteiger charge is 2.39. The second-order valence-electron chi connectivity index (χ2n) is 7.86. The Hall–Kier alpha value is -3.99. The Labute approximate surface area is 204 Å². The molecule has 2 aromatic carbocycles. The SMILES string of the molecule is COC(=O)Cn1c2c(sc1=O)[C@H](c1cc(OC)c3c(c1)OCO3)CC(=O)N2c1cccc(OC)c1. The Bertz CT molecular complexity index is 1380. The summed E-state index contributed by atoms with van der Waals surface area (Å²) in [7, 11) is 4.30. The largest absolute Gasteiger partial charge is 0.497 e. The van der Waals surface area contributed by atoms with Gasteiger partial charge in [0.05, 0.1) is 31.9 Å². The molecule has 0 radical (unpaired) electrons. The minimum absolute atomic E-state index is 0.0659. The van der Waals surface area contributed by atoms with Crippen LogP contribution in [0.1, 0.15) is 22.8 Å². The fourth-order valence-electron chi connectivity index (χ4n) is 4.32. The van der Waals surface area contributed by atoms with E-state index in [0.29, 0.717) is 39.4 Å². The van der Waals surface area contributed by atoms with Crippen LogP contribution in [-0.4, -0.2) is 44.6 Å². The zero-order valence-corrected chi connectivity index (χ0v) is 20.0. The summed E-state index contributed by atoms with van der Waals surface area (Å²) in [6.07, 6.45) is 0.0885. The zero-order chi connectivity index (χ0) is 24.7. The van der Waals surface area contributed by atoms with Crippen molar-refractivity contribution in [2.45, 2.75) is 18.9 Å². The normalized spacial score (nSPS) is 16.1. The monoisotopic (exact) mass is 498 g/mol. The van der Waals surface area contributed by atoms with Gasteiger partial charge in [0.2, 0.25) is 18.4 Å². The summed E-state index contributed by atoms with van der Waals surface area (Å²) in [4.78, 5) is 40.6. The number of nitrogens with zero attached hydrogens (tertiary/aromatic N) is 2. The maximum absolute atomic E-state index is 13.6. The summed E-state index contributed by atoms with van der Waals surface area (Å²) in [5.41, 5.74) is 1.26. The van der Waals surface area contributed by atoms with Crippen molar-refractivity contribution in [2.75, 3.05) is 33.0 Å². The molecule has 2 aliphatic heterocycles. The van der Waals surface area contributed by atoms with Gasteiger partial charge in [-0.05, 0) is 29.8 Å². The third kappa shape index (κ3) is 3.87. The molecule has 0 N–H and O–H groups in total. The van der Waals surface area contributed by atoms with E-state index >= 15 is 0 Å². The highest BCUT2D eigenvalue weighted by molar-refractivity contribution is 7.10. The highest BCUT2D eigenvalue weighted by atomic mass is 32.1. The number of amides is 1. The molecule has 182 valence electrons. The lowest BCUT2D eigenvalue weighted by Crippen LogP contribution is -2.36. The molecule has 0 saturated heterocycles. The topological polar surface area (TPSA) is 106 Å². The van der Waals surface area contributed by atoms with Gasteiger partial charge in [0, 0.05) is 18.4 Å². The van der Waals surface area contributed by atoms with Gasteiger partial charge in [-0.15, -0.1) is 0 Å². The first-order chi connectivity index (χ1) is 16.9. The smallest absolute Gasteiger partial charge is 0.325 e. The molecular weight excluding hydrogens is 476 g/mol. The lowest BCUT2D eigenvalue weighted by Gasteiger charge is -2.32. The van der Waals surface area contributed by atoms with Crippen LogP contribution in [0.15, 0.2) is 41.2 Å². The number of anilines is 2. The van der Waals surface area contributed by atoms with Crippen LogP contribution in [0.2, 0.25) is 0 Å². The lowest BCUT2D eigenvalue weighted by molar-refractivity contribution is -0.141. The molecule has 1 amide bonds. The highest BCUT2D eigenvalue weighted by Crippen LogP contribution is 2.49. The van der Waals surface area contributed by atoms with E-state index in [1.807, 2.05) is 0 Å². The summed E-state index contributed by atoms with van der Waals surface area (Å²) < 4.78 is 27.9. The predicted octanol–water partition coefficient (Wildman–Crippen LogP) is 3.03. The predicted molar refractivity (Wildman–Crippen MR) is 126 cm³/mol. The van der Waals surface area contributed by atoms with Gasteiger partial charge in [0.15, 0.2) is 11.5 Å². The van der Waals surface area contributed by atoms with Gasteiger partial charge in [0.25, 0.3) is 0 Å². The summed E-state index contributed by atoms with van der Waals surface area (Å²) >= 11 is 0.991. The molecule has 3 aromatic rings. The third-order valence-corrected chi connectivity index (χ3v) is 7.04. The van der Waals surface area contributed by atoms with E-state index in [-0.39, 0.29) is 30.5 Å². The Morgan fingerprint density at radius 2 is 1.94 bits per heavy atom. The lowest BCUT2D eigenvalue weighted by atomic mass is 9.90. The summed E-state index contributed by atoms with van der Waals surface area (Å²) in [6, 6.07) is 10.5. The van der Waals surface area contributed by atoms with Crippen molar-refractivity contribution in [2.24, 2.45) is 0 Å². The first kappa shape index (κ1) is 22.8. The Balaban J connectivity index is 1.70. The van der Waals surface area contributed by atoms with Crippen LogP contribution in [0.25, 0.3) is 0 Å². The molecule has 10 nitrogen and oxygen atoms in total.